The van der Waals surface area contributed by atoms with Crippen LogP contribution in [0.2, 0.25) is 5.02 Å². The Morgan fingerprint density at radius 3 is 2.63 bits per heavy atom. The van der Waals surface area contributed by atoms with E-state index in [-0.39, 0.29) is 47.6 Å². The van der Waals surface area contributed by atoms with Crippen LogP contribution in [0.1, 0.15) is 32.6 Å². The van der Waals surface area contributed by atoms with E-state index >= 15 is 0 Å². The summed E-state index contributed by atoms with van der Waals surface area (Å²) in [4.78, 5) is 4.56. The Balaban J connectivity index is 0.00000364. The van der Waals surface area contributed by atoms with E-state index < -0.39 is 10.0 Å². The van der Waals surface area contributed by atoms with E-state index in [1.807, 2.05) is 6.92 Å². The predicted octanol–water partition coefficient (Wildman–Crippen LogP) is 2.09. The molecule has 0 heterocycles. The first-order chi connectivity index (χ1) is 12.4. The van der Waals surface area contributed by atoms with Gasteiger partial charge in [-0.2, -0.15) is 0 Å². The number of aliphatic hydroxyl groups is 1. The first-order valence-electron chi connectivity index (χ1n) is 8.89. The standard InChI is InChI=1S/C17H27ClN4O3S.HI/c1-2-19-17(22-14-6-8-15(23)9-7-14)20-10-11-21-26(24,25)16-5-3-4-13(18)12-16;/h3-5,12,14-15,21,23H,2,6-11H2,1H3,(H2,19,20,22);1H. The molecule has 1 aromatic rings. The number of nitrogens with one attached hydrogen (secondary N) is 3. The molecule has 0 atom stereocenters. The maximum absolute atomic E-state index is 12.2. The number of aliphatic hydroxyl groups excluding tert-OH is 1. The monoisotopic (exact) mass is 530 g/mol. The van der Waals surface area contributed by atoms with E-state index in [2.05, 4.69) is 20.3 Å². The molecule has 10 heteroatoms. The molecule has 0 aromatic heterocycles. The second-order valence-corrected chi connectivity index (χ2v) is 8.47. The van der Waals surface area contributed by atoms with E-state index in [0.717, 1.165) is 32.2 Å². The minimum absolute atomic E-state index is 0. The van der Waals surface area contributed by atoms with Crippen LogP contribution in [0.3, 0.4) is 0 Å². The van der Waals surface area contributed by atoms with Crippen LogP contribution in [0.4, 0.5) is 0 Å². The number of rotatable bonds is 7. The third-order valence-corrected chi connectivity index (χ3v) is 5.86. The Bertz CT molecular complexity index is 710. The first-order valence-corrected chi connectivity index (χ1v) is 10.7. The molecule has 1 aromatic carbocycles. The summed E-state index contributed by atoms with van der Waals surface area (Å²) in [6.07, 6.45) is 3.17. The number of aliphatic imine (C=N–C) groups is 1. The van der Waals surface area contributed by atoms with Gasteiger partial charge in [0.15, 0.2) is 5.96 Å². The molecule has 1 aliphatic carbocycles. The highest BCUT2D eigenvalue weighted by Crippen LogP contribution is 2.18. The summed E-state index contributed by atoms with van der Waals surface area (Å²) in [5.74, 6) is 0.663. The van der Waals surface area contributed by atoms with Crippen LogP contribution < -0.4 is 15.4 Å². The fraction of sp³-hybridized carbons (Fsp3) is 0.588. The average molecular weight is 531 g/mol. The van der Waals surface area contributed by atoms with Gasteiger partial charge in [0.05, 0.1) is 17.5 Å². The number of guanidine groups is 1. The maximum Gasteiger partial charge on any atom is 0.240 e. The third-order valence-electron chi connectivity index (χ3n) is 4.16. The van der Waals surface area contributed by atoms with E-state index in [1.54, 1.807) is 12.1 Å². The maximum atomic E-state index is 12.2. The molecule has 0 aliphatic heterocycles. The summed E-state index contributed by atoms with van der Waals surface area (Å²) in [7, 11) is -3.60. The fourth-order valence-corrected chi connectivity index (χ4v) is 4.12. The molecule has 2 rings (SSSR count). The highest BCUT2D eigenvalue weighted by atomic mass is 127. The van der Waals surface area contributed by atoms with Crippen molar-refractivity contribution in [2.75, 3.05) is 19.6 Å². The molecule has 154 valence electrons. The van der Waals surface area contributed by atoms with Crippen LogP contribution in [-0.4, -0.2) is 51.3 Å². The molecule has 1 fully saturated rings. The Labute approximate surface area is 183 Å². The lowest BCUT2D eigenvalue weighted by Gasteiger charge is -2.27. The molecule has 1 saturated carbocycles. The zero-order valence-electron chi connectivity index (χ0n) is 15.3. The van der Waals surface area contributed by atoms with Crippen LogP contribution in [0.25, 0.3) is 0 Å². The van der Waals surface area contributed by atoms with Gasteiger partial charge in [0.25, 0.3) is 0 Å². The molecular weight excluding hydrogens is 503 g/mol. The minimum atomic E-state index is -3.60. The van der Waals surface area contributed by atoms with Crippen LogP contribution in [-0.2, 0) is 10.0 Å². The van der Waals surface area contributed by atoms with Crippen LogP contribution in [0.5, 0.6) is 0 Å². The molecule has 0 amide bonds. The van der Waals surface area contributed by atoms with Gasteiger partial charge in [0.2, 0.25) is 10.0 Å². The quantitative estimate of drug-likeness (QED) is 0.187. The van der Waals surface area contributed by atoms with Gasteiger partial charge in [-0.05, 0) is 50.8 Å². The summed E-state index contributed by atoms with van der Waals surface area (Å²) >= 11 is 5.84. The Hall–Kier alpha value is -0.620. The molecule has 1 aliphatic rings. The van der Waals surface area contributed by atoms with Gasteiger partial charge in [0.1, 0.15) is 0 Å². The highest BCUT2D eigenvalue weighted by molar-refractivity contribution is 14.0. The van der Waals surface area contributed by atoms with Gasteiger partial charge in [0, 0.05) is 24.2 Å². The Morgan fingerprint density at radius 1 is 1.30 bits per heavy atom. The normalized spacial score (nSPS) is 20.6. The number of hydrogen-bond acceptors (Lipinski definition) is 4. The molecular formula is C17H28ClIN4O3S. The second-order valence-electron chi connectivity index (χ2n) is 6.27. The average Bonchev–Trinajstić information content (AvgIpc) is 2.61. The van der Waals surface area contributed by atoms with Gasteiger partial charge in [-0.1, -0.05) is 17.7 Å². The molecule has 0 radical (unpaired) electrons. The van der Waals surface area contributed by atoms with Crippen molar-refractivity contribution in [3.63, 3.8) is 0 Å². The van der Waals surface area contributed by atoms with Gasteiger partial charge < -0.3 is 15.7 Å². The zero-order valence-corrected chi connectivity index (χ0v) is 19.2. The SMILES string of the molecule is CCNC(=NCCNS(=O)(=O)c1cccc(Cl)c1)NC1CCC(O)CC1.I. The summed E-state index contributed by atoms with van der Waals surface area (Å²) < 4.78 is 27.0. The Morgan fingerprint density at radius 2 is 2.00 bits per heavy atom. The lowest BCUT2D eigenvalue weighted by Crippen LogP contribution is -2.45. The van der Waals surface area contributed by atoms with Crippen molar-refractivity contribution >= 4 is 51.6 Å². The van der Waals surface area contributed by atoms with E-state index in [0.29, 0.717) is 17.5 Å². The number of hydrogen-bond donors (Lipinski definition) is 4. The van der Waals surface area contributed by atoms with Crippen molar-refractivity contribution in [1.82, 2.24) is 15.4 Å². The Kier molecular flexibility index (Phi) is 10.9. The topological polar surface area (TPSA) is 103 Å². The molecule has 7 nitrogen and oxygen atoms in total. The molecule has 27 heavy (non-hydrogen) atoms. The van der Waals surface area contributed by atoms with Crippen molar-refractivity contribution in [1.29, 1.82) is 0 Å². The summed E-state index contributed by atoms with van der Waals surface area (Å²) in [6.45, 7) is 3.19. The first kappa shape index (κ1) is 24.4. The highest BCUT2D eigenvalue weighted by Gasteiger charge is 2.20. The van der Waals surface area contributed by atoms with Crippen LogP contribution in [0.15, 0.2) is 34.2 Å². The number of halogens is 2. The van der Waals surface area contributed by atoms with E-state index in [9.17, 15) is 13.5 Å². The van der Waals surface area contributed by atoms with E-state index in [4.69, 9.17) is 11.6 Å². The fourth-order valence-electron chi connectivity index (χ4n) is 2.80. The zero-order chi connectivity index (χ0) is 19.0. The summed E-state index contributed by atoms with van der Waals surface area (Å²) in [6, 6.07) is 6.42. The molecule has 0 unspecified atom stereocenters. The molecule has 4 N–H and O–H groups in total. The van der Waals surface area contributed by atoms with Gasteiger partial charge in [-0.3, -0.25) is 4.99 Å². The van der Waals surface area contributed by atoms with Crippen LogP contribution >= 0.6 is 35.6 Å². The second kappa shape index (κ2) is 12.1. The smallest absolute Gasteiger partial charge is 0.240 e. The third kappa shape index (κ3) is 8.51. The number of benzene rings is 1. The molecule has 0 saturated heterocycles. The van der Waals surface area contributed by atoms with Crippen LogP contribution in [0, 0.1) is 0 Å². The lowest BCUT2D eigenvalue weighted by atomic mass is 9.93. The van der Waals surface area contributed by atoms with Gasteiger partial charge in [-0.15, -0.1) is 24.0 Å². The molecule has 0 bridgehead atoms. The minimum Gasteiger partial charge on any atom is -0.393 e. The summed E-state index contributed by atoms with van der Waals surface area (Å²) in [5, 5.41) is 16.5. The van der Waals surface area contributed by atoms with Crippen molar-refractivity contribution in [2.24, 2.45) is 4.99 Å². The lowest BCUT2D eigenvalue weighted by molar-refractivity contribution is 0.120. The predicted molar refractivity (Wildman–Crippen MR) is 119 cm³/mol. The summed E-state index contributed by atoms with van der Waals surface area (Å²) in [5.41, 5.74) is 0. The van der Waals surface area contributed by atoms with Gasteiger partial charge in [-0.25, -0.2) is 13.1 Å². The largest absolute Gasteiger partial charge is 0.393 e. The van der Waals surface area contributed by atoms with Crippen molar-refractivity contribution in [3.05, 3.63) is 29.3 Å². The van der Waals surface area contributed by atoms with Crippen molar-refractivity contribution in [3.8, 4) is 0 Å². The van der Waals surface area contributed by atoms with E-state index in [1.165, 1.54) is 12.1 Å². The molecule has 0 spiro atoms. The van der Waals surface area contributed by atoms with Crippen molar-refractivity contribution in [2.45, 2.75) is 49.6 Å². The number of sulfonamides is 1. The number of nitrogens with zero attached hydrogens (tertiary/aromatic N) is 1. The van der Waals surface area contributed by atoms with Gasteiger partial charge >= 0.3 is 0 Å². The van der Waals surface area contributed by atoms with Crippen molar-refractivity contribution < 1.29 is 13.5 Å².